The van der Waals surface area contributed by atoms with E-state index in [1.807, 2.05) is 18.2 Å². The van der Waals surface area contributed by atoms with Gasteiger partial charge in [0.15, 0.2) is 12.4 Å². The Kier molecular flexibility index (Phi) is 3.88. The van der Waals surface area contributed by atoms with Crippen LogP contribution in [0.25, 0.3) is 0 Å². The Hall–Kier alpha value is -1.84. The van der Waals surface area contributed by atoms with Gasteiger partial charge in [-0.3, -0.25) is 9.59 Å². The Labute approximate surface area is 113 Å². The van der Waals surface area contributed by atoms with E-state index < -0.39 is 5.54 Å². The Balaban J connectivity index is 1.98. The van der Waals surface area contributed by atoms with E-state index in [2.05, 4.69) is 0 Å². The number of piperidine rings is 1. The zero-order chi connectivity index (χ0) is 13.9. The first kappa shape index (κ1) is 13.6. The summed E-state index contributed by atoms with van der Waals surface area (Å²) in [5, 5.41) is 0. The fraction of sp³-hybridized carbons (Fsp3) is 0.467. The third kappa shape index (κ3) is 2.95. The molecule has 0 saturated carbocycles. The van der Waals surface area contributed by atoms with Gasteiger partial charge in [0.05, 0.1) is 5.54 Å². The van der Waals surface area contributed by atoms with Crippen LogP contribution in [0.1, 0.15) is 26.7 Å². The van der Waals surface area contributed by atoms with E-state index in [4.69, 9.17) is 4.74 Å². The predicted molar refractivity (Wildman–Crippen MR) is 72.0 cm³/mol. The highest BCUT2D eigenvalue weighted by atomic mass is 16.5. The molecule has 1 aliphatic rings. The zero-order valence-corrected chi connectivity index (χ0v) is 11.4. The van der Waals surface area contributed by atoms with E-state index in [0.717, 1.165) is 6.42 Å². The third-order valence-electron chi connectivity index (χ3n) is 3.55. The molecular weight excluding hydrogens is 242 g/mol. The zero-order valence-electron chi connectivity index (χ0n) is 11.4. The van der Waals surface area contributed by atoms with Crippen LogP contribution in [-0.4, -0.2) is 35.3 Å². The first-order valence-corrected chi connectivity index (χ1v) is 6.53. The van der Waals surface area contributed by atoms with Gasteiger partial charge < -0.3 is 9.64 Å². The second kappa shape index (κ2) is 5.43. The highest BCUT2D eigenvalue weighted by Crippen LogP contribution is 2.24. The second-order valence-corrected chi connectivity index (χ2v) is 5.23. The lowest BCUT2D eigenvalue weighted by molar-refractivity contribution is -0.149. The van der Waals surface area contributed by atoms with Gasteiger partial charge in [-0.2, -0.15) is 0 Å². The molecule has 1 amide bonds. The highest BCUT2D eigenvalue weighted by Gasteiger charge is 2.39. The van der Waals surface area contributed by atoms with Crippen LogP contribution in [-0.2, 0) is 9.59 Å². The number of carbonyl (C=O) groups is 2. The van der Waals surface area contributed by atoms with Crippen LogP contribution in [0.3, 0.4) is 0 Å². The molecule has 0 aliphatic carbocycles. The normalized spacial score (nSPS) is 18.2. The van der Waals surface area contributed by atoms with Crippen molar-refractivity contribution in [2.45, 2.75) is 32.2 Å². The number of ether oxygens (including phenoxy) is 1. The Bertz CT molecular complexity index is 468. The van der Waals surface area contributed by atoms with Gasteiger partial charge >= 0.3 is 0 Å². The summed E-state index contributed by atoms with van der Waals surface area (Å²) >= 11 is 0. The average Bonchev–Trinajstić information content (AvgIpc) is 2.40. The summed E-state index contributed by atoms with van der Waals surface area (Å²) in [5.74, 6) is 0.644. The van der Waals surface area contributed by atoms with E-state index in [0.29, 0.717) is 18.7 Å². The SMILES string of the molecule is CC1(C)C(=O)CCCN1C(=O)COc1ccccc1. The minimum atomic E-state index is -0.713. The molecule has 4 heteroatoms. The quantitative estimate of drug-likeness (QED) is 0.836. The van der Waals surface area contributed by atoms with Crippen LogP contribution >= 0.6 is 0 Å². The summed E-state index contributed by atoms with van der Waals surface area (Å²) in [5.41, 5.74) is -0.713. The Morgan fingerprint density at radius 3 is 2.68 bits per heavy atom. The van der Waals surface area contributed by atoms with Gasteiger partial charge in [-0.15, -0.1) is 0 Å². The van der Waals surface area contributed by atoms with Crippen molar-refractivity contribution in [2.24, 2.45) is 0 Å². The van der Waals surface area contributed by atoms with E-state index >= 15 is 0 Å². The number of rotatable bonds is 3. The van der Waals surface area contributed by atoms with Gasteiger partial charge in [0.25, 0.3) is 5.91 Å². The van der Waals surface area contributed by atoms with Gasteiger partial charge in [0.2, 0.25) is 0 Å². The average molecular weight is 261 g/mol. The Morgan fingerprint density at radius 2 is 2.00 bits per heavy atom. The molecule has 0 N–H and O–H groups in total. The van der Waals surface area contributed by atoms with Crippen molar-refractivity contribution in [1.29, 1.82) is 0 Å². The number of Topliss-reactive ketones (excluding diaryl/α,β-unsaturated/α-hetero) is 1. The van der Waals surface area contributed by atoms with Gasteiger partial charge in [-0.25, -0.2) is 0 Å². The van der Waals surface area contributed by atoms with E-state index in [-0.39, 0.29) is 18.3 Å². The summed E-state index contributed by atoms with van der Waals surface area (Å²) in [7, 11) is 0. The minimum absolute atomic E-state index is 0.0271. The molecule has 0 unspecified atom stereocenters. The van der Waals surface area contributed by atoms with Crippen molar-refractivity contribution in [3.63, 3.8) is 0 Å². The van der Waals surface area contributed by atoms with E-state index in [1.165, 1.54) is 0 Å². The molecule has 1 aromatic rings. The van der Waals surface area contributed by atoms with Gasteiger partial charge in [0, 0.05) is 13.0 Å². The second-order valence-electron chi connectivity index (χ2n) is 5.23. The summed E-state index contributed by atoms with van der Waals surface area (Å²) < 4.78 is 5.45. The first-order valence-electron chi connectivity index (χ1n) is 6.53. The van der Waals surface area contributed by atoms with Gasteiger partial charge in [-0.05, 0) is 32.4 Å². The molecule has 0 spiro atoms. The van der Waals surface area contributed by atoms with Gasteiger partial charge in [0.1, 0.15) is 5.75 Å². The summed E-state index contributed by atoms with van der Waals surface area (Å²) in [6.07, 6.45) is 1.29. The van der Waals surface area contributed by atoms with Crippen molar-refractivity contribution in [2.75, 3.05) is 13.2 Å². The molecule has 102 valence electrons. The number of likely N-dealkylation sites (tertiary alicyclic amines) is 1. The maximum Gasteiger partial charge on any atom is 0.261 e. The number of carbonyl (C=O) groups excluding carboxylic acids is 2. The summed E-state index contributed by atoms with van der Waals surface area (Å²) in [6, 6.07) is 9.21. The van der Waals surface area contributed by atoms with Crippen molar-refractivity contribution in [1.82, 2.24) is 4.90 Å². The molecule has 4 nitrogen and oxygen atoms in total. The monoisotopic (exact) mass is 261 g/mol. The van der Waals surface area contributed by atoms with Crippen LogP contribution in [0, 0.1) is 0 Å². The number of para-hydroxylation sites is 1. The lowest BCUT2D eigenvalue weighted by Gasteiger charge is -2.40. The topological polar surface area (TPSA) is 46.6 Å². The van der Waals surface area contributed by atoms with Crippen LogP contribution < -0.4 is 4.74 Å². The fourth-order valence-electron chi connectivity index (χ4n) is 2.31. The number of benzene rings is 1. The third-order valence-corrected chi connectivity index (χ3v) is 3.55. The lowest BCUT2D eigenvalue weighted by Crippen LogP contribution is -2.57. The van der Waals surface area contributed by atoms with E-state index in [9.17, 15) is 9.59 Å². The first-order chi connectivity index (χ1) is 9.01. The number of nitrogens with zero attached hydrogens (tertiary/aromatic N) is 1. The van der Waals surface area contributed by atoms with Crippen molar-refractivity contribution >= 4 is 11.7 Å². The molecular formula is C15H19NO3. The highest BCUT2D eigenvalue weighted by molar-refractivity contribution is 5.93. The number of amides is 1. The Morgan fingerprint density at radius 1 is 1.32 bits per heavy atom. The lowest BCUT2D eigenvalue weighted by atomic mass is 9.89. The largest absolute Gasteiger partial charge is 0.484 e. The van der Waals surface area contributed by atoms with Crippen molar-refractivity contribution < 1.29 is 14.3 Å². The van der Waals surface area contributed by atoms with Crippen molar-refractivity contribution in [3.8, 4) is 5.75 Å². The van der Waals surface area contributed by atoms with Crippen LogP contribution in [0.5, 0.6) is 5.75 Å². The molecule has 0 bridgehead atoms. The molecule has 0 atom stereocenters. The van der Waals surface area contributed by atoms with Crippen LogP contribution in [0.15, 0.2) is 30.3 Å². The molecule has 1 fully saturated rings. The molecule has 1 aliphatic heterocycles. The molecule has 1 heterocycles. The number of ketones is 1. The van der Waals surface area contributed by atoms with Crippen LogP contribution in [0.2, 0.25) is 0 Å². The summed E-state index contributed by atoms with van der Waals surface area (Å²) in [4.78, 5) is 25.7. The minimum Gasteiger partial charge on any atom is -0.484 e. The molecule has 2 rings (SSSR count). The van der Waals surface area contributed by atoms with Gasteiger partial charge in [-0.1, -0.05) is 18.2 Å². The maximum atomic E-state index is 12.2. The summed E-state index contributed by atoms with van der Waals surface area (Å²) in [6.45, 7) is 4.19. The fourth-order valence-corrected chi connectivity index (χ4v) is 2.31. The maximum absolute atomic E-state index is 12.2. The molecule has 0 radical (unpaired) electrons. The number of hydrogen-bond acceptors (Lipinski definition) is 3. The van der Waals surface area contributed by atoms with E-state index in [1.54, 1.807) is 30.9 Å². The van der Waals surface area contributed by atoms with Crippen LogP contribution in [0.4, 0.5) is 0 Å². The standard InChI is InChI=1S/C15H19NO3/c1-15(2)13(17)9-6-10-16(15)14(18)11-19-12-7-4-3-5-8-12/h3-5,7-8H,6,9-11H2,1-2H3. The molecule has 1 saturated heterocycles. The smallest absolute Gasteiger partial charge is 0.261 e. The number of hydrogen-bond donors (Lipinski definition) is 0. The predicted octanol–water partition coefficient (Wildman–Crippen LogP) is 2.04. The molecule has 19 heavy (non-hydrogen) atoms. The molecule has 1 aromatic carbocycles. The van der Waals surface area contributed by atoms with Crippen molar-refractivity contribution in [3.05, 3.63) is 30.3 Å². The molecule has 0 aromatic heterocycles.